The van der Waals surface area contributed by atoms with Gasteiger partial charge in [0.15, 0.2) is 0 Å². The summed E-state index contributed by atoms with van der Waals surface area (Å²) in [6.07, 6.45) is 5.90. The number of hydrogen-bond acceptors (Lipinski definition) is 6. The summed E-state index contributed by atoms with van der Waals surface area (Å²) in [6, 6.07) is 39.2. The van der Waals surface area contributed by atoms with E-state index in [1.165, 1.54) is 12.1 Å². The lowest BCUT2D eigenvalue weighted by atomic mass is 10.1. The van der Waals surface area contributed by atoms with E-state index in [4.69, 9.17) is 9.47 Å². The smallest absolute Gasteiger partial charge is 0.345 e. The van der Waals surface area contributed by atoms with Gasteiger partial charge in [-0.05, 0) is 123 Å². The fourth-order valence-corrected chi connectivity index (χ4v) is 7.53. The Morgan fingerprint density at radius 1 is 0.450 bits per heavy atom. The molecule has 2 N–H and O–H groups in total. The first kappa shape index (κ1) is 39.7. The Morgan fingerprint density at radius 3 is 1.37 bits per heavy atom. The summed E-state index contributed by atoms with van der Waals surface area (Å²) in [7, 11) is 0. The molecule has 0 aliphatic carbocycles. The first-order valence-corrected chi connectivity index (χ1v) is 20.3. The van der Waals surface area contributed by atoms with Crippen molar-refractivity contribution in [2.24, 2.45) is 0 Å². The van der Waals surface area contributed by atoms with E-state index in [0.717, 1.165) is 48.5 Å². The fourth-order valence-electron chi connectivity index (χ4n) is 7.53. The van der Waals surface area contributed by atoms with Crippen LogP contribution in [0.25, 0.3) is 0 Å². The van der Waals surface area contributed by atoms with E-state index in [1.54, 1.807) is 72.8 Å². The monoisotopic (exact) mass is 808 g/mol. The maximum absolute atomic E-state index is 16.3. The van der Waals surface area contributed by atoms with Crippen LogP contribution in [0.1, 0.15) is 38.5 Å². The number of halogens is 2. The molecular formula is C48H46F2N6O4. The summed E-state index contributed by atoms with van der Waals surface area (Å²) in [5, 5.41) is 7.78. The van der Waals surface area contributed by atoms with Crippen LogP contribution in [0, 0.1) is 11.6 Å². The Bertz CT molecular complexity index is 2390. The highest BCUT2D eigenvalue weighted by Crippen LogP contribution is 2.34. The van der Waals surface area contributed by atoms with Crippen LogP contribution >= 0.6 is 0 Å². The molecule has 0 spiro atoms. The van der Waals surface area contributed by atoms with Crippen LogP contribution in [0.2, 0.25) is 0 Å². The van der Waals surface area contributed by atoms with Gasteiger partial charge in [-0.1, -0.05) is 42.5 Å². The Balaban J connectivity index is 1.17. The van der Waals surface area contributed by atoms with Gasteiger partial charge in [-0.25, -0.2) is 18.4 Å². The Hall–Kier alpha value is -7.08. The van der Waals surface area contributed by atoms with Gasteiger partial charge in [0.2, 0.25) is 0 Å². The highest BCUT2D eigenvalue weighted by molar-refractivity contribution is 6.13. The number of rotatable bonds is 10. The van der Waals surface area contributed by atoms with Crippen molar-refractivity contribution in [3.05, 3.63) is 157 Å². The van der Waals surface area contributed by atoms with Crippen LogP contribution < -0.4 is 39.9 Å². The second-order valence-corrected chi connectivity index (χ2v) is 14.7. The zero-order valence-electron chi connectivity index (χ0n) is 33.1. The Morgan fingerprint density at radius 2 is 0.883 bits per heavy atom. The van der Waals surface area contributed by atoms with Crippen molar-refractivity contribution < 1.29 is 27.8 Å². The standard InChI is InChI=1S/C48H46F2N6O4/c49-43-33-37(22-26-45(43)53-28-9-3-10-29-53)55(47(57)51-35-20-24-41(25-21-35)59-39-15-5-1-6-16-39)56(38-23-27-46(44(50)34-38)54-30-11-4-12-31-54)48(58)52-36-14-13-19-42(32-36)60-40-17-7-2-8-18-40/h1-2,5-8,13-27,32-34H,3-4,9-12,28-31H2,(H,51,57)(H,52,58). The van der Waals surface area contributed by atoms with Crippen molar-refractivity contribution in [3.8, 4) is 23.0 Å². The molecule has 306 valence electrons. The van der Waals surface area contributed by atoms with Gasteiger partial charge in [-0.15, -0.1) is 0 Å². The normalized spacial score (nSPS) is 13.9. The van der Waals surface area contributed by atoms with Crippen LogP contribution in [-0.4, -0.2) is 38.2 Å². The molecule has 0 bridgehead atoms. The van der Waals surface area contributed by atoms with Gasteiger partial charge in [0.1, 0.15) is 34.6 Å². The maximum atomic E-state index is 16.3. The van der Waals surface area contributed by atoms with Gasteiger partial charge in [0.25, 0.3) is 0 Å². The molecule has 10 nitrogen and oxygen atoms in total. The van der Waals surface area contributed by atoms with E-state index in [-0.39, 0.29) is 11.4 Å². The van der Waals surface area contributed by atoms with Crippen molar-refractivity contribution in [2.45, 2.75) is 38.5 Å². The lowest BCUT2D eigenvalue weighted by Gasteiger charge is -2.36. The minimum atomic E-state index is -0.820. The Kier molecular flexibility index (Phi) is 12.4. The minimum Gasteiger partial charge on any atom is -0.457 e. The number of nitrogens with zero attached hydrogens (tertiary/aromatic N) is 4. The molecule has 2 aliphatic heterocycles. The molecule has 12 heteroatoms. The summed E-state index contributed by atoms with van der Waals surface area (Å²) in [5.74, 6) is 1.11. The number of ether oxygens (including phenoxy) is 2. The zero-order valence-corrected chi connectivity index (χ0v) is 33.1. The zero-order chi connectivity index (χ0) is 41.3. The first-order valence-electron chi connectivity index (χ1n) is 20.3. The van der Waals surface area contributed by atoms with Crippen LogP contribution in [0.3, 0.4) is 0 Å². The first-order chi connectivity index (χ1) is 29.4. The van der Waals surface area contributed by atoms with E-state index >= 15 is 8.78 Å². The minimum absolute atomic E-state index is 0.0322. The number of benzene rings is 6. The average molecular weight is 809 g/mol. The number of nitrogens with one attached hydrogen (secondary N) is 2. The highest BCUT2D eigenvalue weighted by atomic mass is 19.1. The molecule has 2 heterocycles. The fraction of sp³-hybridized carbons (Fsp3) is 0.208. The molecule has 6 aromatic rings. The predicted molar refractivity (Wildman–Crippen MR) is 234 cm³/mol. The third-order valence-corrected chi connectivity index (χ3v) is 10.5. The molecule has 2 aliphatic rings. The third kappa shape index (κ3) is 9.61. The van der Waals surface area contributed by atoms with E-state index in [0.29, 0.717) is 71.9 Å². The SMILES string of the molecule is O=C(Nc1ccc(Oc2ccccc2)cc1)N(c1ccc(N2CCCCC2)c(F)c1)N(C(=O)Nc1cccc(Oc2ccccc2)c1)c1ccc(N2CCCCC2)c(F)c1. The van der Waals surface area contributed by atoms with Crippen molar-refractivity contribution in [1.82, 2.24) is 0 Å². The molecule has 0 saturated carbocycles. The lowest BCUT2D eigenvalue weighted by Crippen LogP contribution is -2.54. The van der Waals surface area contributed by atoms with E-state index in [2.05, 4.69) is 10.6 Å². The molecule has 0 atom stereocenters. The number of para-hydroxylation sites is 2. The number of amides is 4. The second-order valence-electron chi connectivity index (χ2n) is 14.7. The van der Waals surface area contributed by atoms with Crippen molar-refractivity contribution in [3.63, 3.8) is 0 Å². The van der Waals surface area contributed by atoms with Crippen molar-refractivity contribution in [1.29, 1.82) is 0 Å². The molecule has 60 heavy (non-hydrogen) atoms. The van der Waals surface area contributed by atoms with Crippen LogP contribution in [0.5, 0.6) is 23.0 Å². The number of piperidine rings is 2. The van der Waals surface area contributed by atoms with Crippen molar-refractivity contribution >= 4 is 46.2 Å². The molecule has 0 radical (unpaired) electrons. The summed E-state index contributed by atoms with van der Waals surface area (Å²) >= 11 is 0. The van der Waals surface area contributed by atoms with Crippen molar-refractivity contribution in [2.75, 3.05) is 56.6 Å². The molecule has 4 amide bonds. The molecule has 6 aromatic carbocycles. The number of urea groups is 2. The maximum Gasteiger partial charge on any atom is 0.345 e. The van der Waals surface area contributed by atoms with Gasteiger partial charge in [0, 0.05) is 55.8 Å². The summed E-state index contributed by atoms with van der Waals surface area (Å²) in [5.41, 5.74) is 1.57. The van der Waals surface area contributed by atoms with Gasteiger partial charge in [0.05, 0.1) is 22.7 Å². The van der Waals surface area contributed by atoms with Gasteiger partial charge in [-0.3, -0.25) is 0 Å². The van der Waals surface area contributed by atoms with E-state index in [9.17, 15) is 9.59 Å². The van der Waals surface area contributed by atoms with Crippen LogP contribution in [0.4, 0.5) is 52.5 Å². The number of anilines is 6. The number of hydrogen-bond donors (Lipinski definition) is 2. The molecule has 8 rings (SSSR count). The highest BCUT2D eigenvalue weighted by Gasteiger charge is 2.32. The average Bonchev–Trinajstić information content (AvgIpc) is 3.27. The summed E-state index contributed by atoms with van der Waals surface area (Å²) in [6.45, 7) is 2.81. The lowest BCUT2D eigenvalue weighted by molar-refractivity contribution is 0.248. The quantitative estimate of drug-likeness (QED) is 0.134. The third-order valence-electron chi connectivity index (χ3n) is 10.5. The van der Waals surface area contributed by atoms with Gasteiger partial charge >= 0.3 is 12.1 Å². The molecule has 2 fully saturated rings. The topological polar surface area (TPSA) is 89.6 Å². The number of carbonyl (C=O) groups excluding carboxylic acids is 2. The molecule has 0 unspecified atom stereocenters. The summed E-state index contributed by atoms with van der Waals surface area (Å²) in [4.78, 5) is 33.5. The largest absolute Gasteiger partial charge is 0.457 e. The van der Waals surface area contributed by atoms with Gasteiger partial charge in [-0.2, -0.15) is 10.0 Å². The molecule has 0 aromatic heterocycles. The molecule has 2 saturated heterocycles. The van der Waals surface area contributed by atoms with Crippen LogP contribution in [-0.2, 0) is 0 Å². The summed E-state index contributed by atoms with van der Waals surface area (Å²) < 4.78 is 44.5. The number of carbonyl (C=O) groups is 2. The van der Waals surface area contributed by atoms with Crippen LogP contribution in [0.15, 0.2) is 146 Å². The second kappa shape index (κ2) is 18.7. The molecular weight excluding hydrogens is 763 g/mol. The Labute approximate surface area is 348 Å². The number of hydrazine groups is 1. The van der Waals surface area contributed by atoms with E-state index < -0.39 is 23.7 Å². The van der Waals surface area contributed by atoms with E-state index in [1.807, 2.05) is 70.5 Å². The van der Waals surface area contributed by atoms with Gasteiger partial charge < -0.3 is 29.9 Å². The predicted octanol–water partition coefficient (Wildman–Crippen LogP) is 12.2.